The molecule has 0 saturated heterocycles. The Morgan fingerprint density at radius 1 is 0.938 bits per heavy atom. The molecule has 3 N–H and O–H groups in total. The standard InChI is InChI=1S/C20H14Cl4N2O5S/c1-10-2-3-12(22)8-15(10)25-20(27)26-18-14(23)9-16(32(28,29)30)19(17(18)24)31-13-6-4-11(21)5-7-13/h2-9H,1H3,(H2,25,26,27)(H,28,29,30). The van der Waals surface area contributed by atoms with Crippen LogP contribution in [0.15, 0.2) is 53.4 Å². The third-order valence-corrected chi connectivity index (χ3v) is 6.14. The quantitative estimate of drug-likeness (QED) is 0.297. The summed E-state index contributed by atoms with van der Waals surface area (Å²) in [4.78, 5) is 11.9. The number of rotatable bonds is 5. The number of halogens is 4. The Morgan fingerprint density at radius 3 is 2.19 bits per heavy atom. The highest BCUT2D eigenvalue weighted by atomic mass is 35.5. The average Bonchev–Trinajstić information content (AvgIpc) is 2.70. The van der Waals surface area contributed by atoms with E-state index in [1.165, 1.54) is 24.3 Å². The Kier molecular flexibility index (Phi) is 7.44. The molecule has 0 atom stereocenters. The second-order valence-electron chi connectivity index (χ2n) is 6.44. The van der Waals surface area contributed by atoms with E-state index in [0.717, 1.165) is 11.6 Å². The summed E-state index contributed by atoms with van der Waals surface area (Å²) in [6.45, 7) is 1.77. The van der Waals surface area contributed by atoms with Crippen LogP contribution < -0.4 is 15.4 Å². The highest BCUT2D eigenvalue weighted by Crippen LogP contribution is 2.44. The summed E-state index contributed by atoms with van der Waals surface area (Å²) in [5.74, 6) is -0.261. The molecule has 0 heterocycles. The number of carbonyl (C=O) groups excluding carboxylic acids is 1. The van der Waals surface area contributed by atoms with Gasteiger partial charge >= 0.3 is 6.03 Å². The fraction of sp³-hybridized carbons (Fsp3) is 0.0500. The van der Waals surface area contributed by atoms with E-state index in [-0.39, 0.29) is 21.5 Å². The van der Waals surface area contributed by atoms with Crippen molar-refractivity contribution in [1.29, 1.82) is 0 Å². The first-order valence-corrected chi connectivity index (χ1v) is 11.7. The number of amides is 2. The molecule has 12 heteroatoms. The molecule has 2 amide bonds. The Morgan fingerprint density at radius 2 is 1.56 bits per heavy atom. The molecule has 0 fully saturated rings. The summed E-state index contributed by atoms with van der Waals surface area (Å²) in [5.41, 5.74) is 1.05. The molecular formula is C20H14Cl4N2O5S. The molecule has 0 saturated carbocycles. The van der Waals surface area contributed by atoms with Crippen LogP contribution in [0.4, 0.5) is 16.2 Å². The van der Waals surface area contributed by atoms with Crippen molar-refractivity contribution in [3.63, 3.8) is 0 Å². The van der Waals surface area contributed by atoms with Crippen molar-refractivity contribution in [2.24, 2.45) is 0 Å². The lowest BCUT2D eigenvalue weighted by molar-refractivity contribution is 0.262. The van der Waals surface area contributed by atoms with Crippen molar-refractivity contribution < 1.29 is 22.5 Å². The predicted octanol–water partition coefficient (Wildman–Crippen LogP) is 7.29. The van der Waals surface area contributed by atoms with Gasteiger partial charge < -0.3 is 15.4 Å². The van der Waals surface area contributed by atoms with E-state index >= 15 is 0 Å². The van der Waals surface area contributed by atoms with Crippen molar-refractivity contribution in [1.82, 2.24) is 0 Å². The van der Waals surface area contributed by atoms with E-state index in [1.807, 2.05) is 0 Å². The largest absolute Gasteiger partial charge is 0.454 e. The maximum Gasteiger partial charge on any atom is 0.323 e. The molecule has 0 bridgehead atoms. The van der Waals surface area contributed by atoms with E-state index in [1.54, 1.807) is 25.1 Å². The number of hydrogen-bond acceptors (Lipinski definition) is 4. The van der Waals surface area contributed by atoms with Gasteiger partial charge in [-0.25, -0.2) is 4.79 Å². The first kappa shape index (κ1) is 24.4. The van der Waals surface area contributed by atoms with Gasteiger partial charge in [0.05, 0.1) is 10.7 Å². The van der Waals surface area contributed by atoms with Gasteiger partial charge in [0.15, 0.2) is 5.75 Å². The average molecular weight is 536 g/mol. The summed E-state index contributed by atoms with van der Waals surface area (Å²) >= 11 is 24.3. The Labute approximate surface area is 203 Å². The summed E-state index contributed by atoms with van der Waals surface area (Å²) in [6, 6.07) is 11.1. The molecular weight excluding hydrogens is 522 g/mol. The predicted molar refractivity (Wildman–Crippen MR) is 127 cm³/mol. The van der Waals surface area contributed by atoms with Crippen molar-refractivity contribution in [2.75, 3.05) is 10.6 Å². The molecule has 0 aliphatic rings. The molecule has 7 nitrogen and oxygen atoms in total. The second-order valence-corrected chi connectivity index (χ2v) is 9.49. The number of anilines is 2. The van der Waals surface area contributed by atoms with Crippen LogP contribution in [-0.2, 0) is 10.1 Å². The Bertz CT molecular complexity index is 1300. The SMILES string of the molecule is Cc1ccc(Cl)cc1NC(=O)Nc1c(Cl)cc(S(=O)(=O)O)c(Oc2ccc(Cl)cc2)c1Cl. The summed E-state index contributed by atoms with van der Waals surface area (Å²) in [6.07, 6.45) is 0. The van der Waals surface area contributed by atoms with E-state index in [4.69, 9.17) is 51.1 Å². The summed E-state index contributed by atoms with van der Waals surface area (Å²) in [5, 5.41) is 5.29. The molecule has 0 aliphatic carbocycles. The van der Waals surface area contributed by atoms with Crippen LogP contribution in [0.2, 0.25) is 20.1 Å². The van der Waals surface area contributed by atoms with E-state index in [9.17, 15) is 17.8 Å². The monoisotopic (exact) mass is 534 g/mol. The van der Waals surface area contributed by atoms with Gasteiger partial charge in [0.25, 0.3) is 10.1 Å². The van der Waals surface area contributed by atoms with E-state index in [0.29, 0.717) is 15.7 Å². The fourth-order valence-electron chi connectivity index (χ4n) is 2.60. The zero-order valence-electron chi connectivity index (χ0n) is 16.1. The van der Waals surface area contributed by atoms with Crippen LogP contribution in [0.25, 0.3) is 0 Å². The molecule has 3 aromatic rings. The van der Waals surface area contributed by atoms with Crippen LogP contribution in [-0.4, -0.2) is 19.0 Å². The van der Waals surface area contributed by atoms with Crippen molar-refractivity contribution >= 4 is 73.9 Å². The number of urea groups is 1. The van der Waals surface area contributed by atoms with Gasteiger partial charge in [0, 0.05) is 15.7 Å². The number of carbonyl (C=O) groups is 1. The van der Waals surface area contributed by atoms with Gasteiger partial charge in [-0.3, -0.25) is 4.55 Å². The van der Waals surface area contributed by atoms with Crippen molar-refractivity contribution in [3.05, 3.63) is 74.2 Å². The maximum atomic E-state index is 12.5. The second kappa shape index (κ2) is 9.74. The Balaban J connectivity index is 1.99. The summed E-state index contributed by atoms with van der Waals surface area (Å²) in [7, 11) is -4.77. The first-order valence-electron chi connectivity index (χ1n) is 8.73. The molecule has 0 radical (unpaired) electrons. The molecule has 0 unspecified atom stereocenters. The Hall–Kier alpha value is -2.20. The van der Waals surface area contributed by atoms with Gasteiger partial charge in [-0.1, -0.05) is 52.5 Å². The van der Waals surface area contributed by atoms with Gasteiger partial charge in [0.2, 0.25) is 0 Å². The van der Waals surface area contributed by atoms with Crippen molar-refractivity contribution in [2.45, 2.75) is 11.8 Å². The van der Waals surface area contributed by atoms with E-state index in [2.05, 4.69) is 10.6 Å². The lowest BCUT2D eigenvalue weighted by Gasteiger charge is -2.17. The molecule has 3 aromatic carbocycles. The molecule has 32 heavy (non-hydrogen) atoms. The fourth-order valence-corrected chi connectivity index (χ4v) is 4.25. The number of nitrogens with one attached hydrogen (secondary N) is 2. The lowest BCUT2D eigenvalue weighted by Crippen LogP contribution is -2.20. The third kappa shape index (κ3) is 5.78. The topological polar surface area (TPSA) is 105 Å². The summed E-state index contributed by atoms with van der Waals surface area (Å²) < 4.78 is 38.9. The molecule has 0 aliphatic heterocycles. The van der Waals surface area contributed by atoms with Crippen LogP contribution in [0.5, 0.6) is 11.5 Å². The van der Waals surface area contributed by atoms with E-state index < -0.39 is 26.8 Å². The third-order valence-electron chi connectivity index (χ3n) is 4.14. The highest BCUT2D eigenvalue weighted by molar-refractivity contribution is 7.86. The van der Waals surface area contributed by atoms with Gasteiger partial charge in [0.1, 0.15) is 15.7 Å². The molecule has 168 valence electrons. The molecule has 3 rings (SSSR count). The van der Waals surface area contributed by atoms with Gasteiger partial charge in [-0.15, -0.1) is 0 Å². The minimum absolute atomic E-state index is 0.137. The zero-order valence-corrected chi connectivity index (χ0v) is 20.0. The smallest absolute Gasteiger partial charge is 0.323 e. The maximum absolute atomic E-state index is 12.5. The van der Waals surface area contributed by atoms with Crippen LogP contribution in [0.3, 0.4) is 0 Å². The molecule has 0 spiro atoms. The van der Waals surface area contributed by atoms with Crippen LogP contribution in [0.1, 0.15) is 5.56 Å². The zero-order chi connectivity index (χ0) is 23.6. The number of hydrogen-bond donors (Lipinski definition) is 3. The normalized spacial score (nSPS) is 11.2. The number of benzene rings is 3. The van der Waals surface area contributed by atoms with Crippen molar-refractivity contribution in [3.8, 4) is 11.5 Å². The van der Waals surface area contributed by atoms with Gasteiger partial charge in [-0.05, 0) is 55.0 Å². The lowest BCUT2D eigenvalue weighted by atomic mass is 10.2. The minimum atomic E-state index is -4.77. The van der Waals surface area contributed by atoms with Gasteiger partial charge in [-0.2, -0.15) is 8.42 Å². The molecule has 0 aromatic heterocycles. The van der Waals surface area contributed by atoms with Crippen LogP contribution >= 0.6 is 46.4 Å². The number of aryl methyl sites for hydroxylation is 1. The highest BCUT2D eigenvalue weighted by Gasteiger charge is 2.26. The van der Waals surface area contributed by atoms with Crippen LogP contribution in [0, 0.1) is 6.92 Å². The number of ether oxygens (including phenoxy) is 1. The first-order chi connectivity index (χ1) is 15.0. The minimum Gasteiger partial charge on any atom is -0.454 e.